The number of benzene rings is 2. The number of hydrogen-bond acceptors (Lipinski definition) is 3. The van der Waals surface area contributed by atoms with Gasteiger partial charge in [0.15, 0.2) is 5.76 Å². The first-order valence-electron chi connectivity index (χ1n) is 7.71. The predicted octanol–water partition coefficient (Wildman–Crippen LogP) is 5.02. The van der Waals surface area contributed by atoms with Crippen molar-refractivity contribution < 1.29 is 4.42 Å². The maximum Gasteiger partial charge on any atom is 0.209 e. The maximum absolute atomic E-state index is 6.05. The van der Waals surface area contributed by atoms with Gasteiger partial charge in [0.25, 0.3) is 0 Å². The second-order valence-electron chi connectivity index (χ2n) is 5.42. The van der Waals surface area contributed by atoms with Gasteiger partial charge in [-0.1, -0.05) is 61.0 Å². The Labute approximate surface area is 141 Å². The number of hydrogen-bond donors (Lipinski definition) is 0. The van der Waals surface area contributed by atoms with E-state index in [-0.39, 0.29) is 0 Å². The zero-order valence-electron chi connectivity index (χ0n) is 13.1. The van der Waals surface area contributed by atoms with Gasteiger partial charge in [0.2, 0.25) is 5.89 Å². The summed E-state index contributed by atoms with van der Waals surface area (Å²) in [7, 11) is 0. The molecule has 4 heteroatoms. The molecule has 23 heavy (non-hydrogen) atoms. The molecule has 118 valence electrons. The molecule has 0 aliphatic carbocycles. The van der Waals surface area contributed by atoms with Crippen LogP contribution < -0.4 is 0 Å². The van der Waals surface area contributed by atoms with Gasteiger partial charge in [-0.25, -0.2) is 4.98 Å². The van der Waals surface area contributed by atoms with Gasteiger partial charge in [-0.15, -0.1) is 0 Å². The van der Waals surface area contributed by atoms with Crippen LogP contribution in [0.4, 0.5) is 0 Å². The lowest BCUT2D eigenvalue weighted by Gasteiger charge is -2.18. The molecule has 0 fully saturated rings. The Morgan fingerprint density at radius 2 is 1.87 bits per heavy atom. The Hall–Kier alpha value is -2.10. The molecule has 0 unspecified atom stereocenters. The summed E-state index contributed by atoms with van der Waals surface area (Å²) in [6.07, 6.45) is 1.79. The molecular weight excluding hydrogens is 308 g/mol. The van der Waals surface area contributed by atoms with Crippen molar-refractivity contribution in [1.29, 1.82) is 0 Å². The summed E-state index contributed by atoms with van der Waals surface area (Å²) in [6.45, 7) is 4.54. The quantitative estimate of drug-likeness (QED) is 0.637. The molecule has 3 aromatic rings. The summed E-state index contributed by atoms with van der Waals surface area (Å²) in [4.78, 5) is 6.68. The van der Waals surface area contributed by atoms with E-state index >= 15 is 0 Å². The van der Waals surface area contributed by atoms with Gasteiger partial charge >= 0.3 is 0 Å². The largest absolute Gasteiger partial charge is 0.439 e. The highest BCUT2D eigenvalue weighted by Gasteiger charge is 2.11. The van der Waals surface area contributed by atoms with Crippen molar-refractivity contribution in [2.45, 2.75) is 20.0 Å². The summed E-state index contributed by atoms with van der Waals surface area (Å²) < 4.78 is 5.88. The minimum atomic E-state index is 0.676. The van der Waals surface area contributed by atoms with Gasteiger partial charge in [0, 0.05) is 17.1 Å². The predicted molar refractivity (Wildman–Crippen MR) is 93.2 cm³/mol. The molecule has 3 rings (SSSR count). The monoisotopic (exact) mass is 326 g/mol. The third-order valence-corrected chi connectivity index (χ3v) is 3.95. The molecule has 0 N–H and O–H groups in total. The van der Waals surface area contributed by atoms with Crippen LogP contribution in [0.25, 0.3) is 11.3 Å². The summed E-state index contributed by atoms with van der Waals surface area (Å²) in [5, 5.41) is 0.765. The van der Waals surface area contributed by atoms with E-state index in [1.165, 1.54) is 5.56 Å². The highest BCUT2D eigenvalue weighted by atomic mass is 35.5. The fourth-order valence-electron chi connectivity index (χ4n) is 2.48. The lowest BCUT2D eigenvalue weighted by Crippen LogP contribution is -2.22. The van der Waals surface area contributed by atoms with Crippen LogP contribution in [0, 0.1) is 0 Å². The van der Waals surface area contributed by atoms with Crippen LogP contribution in [-0.2, 0) is 13.1 Å². The van der Waals surface area contributed by atoms with Crippen molar-refractivity contribution in [3.63, 3.8) is 0 Å². The Morgan fingerprint density at radius 3 is 2.61 bits per heavy atom. The van der Waals surface area contributed by atoms with Gasteiger partial charge in [-0.05, 0) is 24.2 Å². The molecule has 0 saturated carbocycles. The highest BCUT2D eigenvalue weighted by molar-refractivity contribution is 6.30. The number of oxazole rings is 1. The van der Waals surface area contributed by atoms with Crippen LogP contribution in [0.5, 0.6) is 0 Å². The van der Waals surface area contributed by atoms with E-state index in [9.17, 15) is 0 Å². The van der Waals surface area contributed by atoms with Crippen LogP contribution in [0.3, 0.4) is 0 Å². The first kappa shape index (κ1) is 15.8. The van der Waals surface area contributed by atoms with E-state index in [0.717, 1.165) is 35.3 Å². The lowest BCUT2D eigenvalue weighted by molar-refractivity contribution is 0.243. The Balaban J connectivity index is 1.69. The Bertz CT molecular complexity index is 755. The van der Waals surface area contributed by atoms with Crippen LogP contribution in [0.2, 0.25) is 5.02 Å². The van der Waals surface area contributed by atoms with Crippen molar-refractivity contribution >= 4 is 11.6 Å². The normalized spacial score (nSPS) is 11.1. The second kappa shape index (κ2) is 7.44. The molecule has 2 aromatic carbocycles. The molecule has 0 aliphatic heterocycles. The second-order valence-corrected chi connectivity index (χ2v) is 5.85. The smallest absolute Gasteiger partial charge is 0.209 e. The summed E-state index contributed by atoms with van der Waals surface area (Å²) in [6, 6.07) is 18.0. The number of halogens is 1. The van der Waals surface area contributed by atoms with Crippen molar-refractivity contribution in [2.24, 2.45) is 0 Å². The molecule has 0 atom stereocenters. The maximum atomic E-state index is 6.05. The van der Waals surface area contributed by atoms with Gasteiger partial charge < -0.3 is 4.42 Å². The van der Waals surface area contributed by atoms with Crippen LogP contribution in [0.1, 0.15) is 18.4 Å². The van der Waals surface area contributed by atoms with Crippen molar-refractivity contribution in [3.05, 3.63) is 77.3 Å². The van der Waals surface area contributed by atoms with Crippen molar-refractivity contribution in [2.75, 3.05) is 6.54 Å². The average Bonchev–Trinajstić information content (AvgIpc) is 3.04. The average molecular weight is 327 g/mol. The Kier molecular flexibility index (Phi) is 5.11. The first-order valence-corrected chi connectivity index (χ1v) is 8.09. The minimum Gasteiger partial charge on any atom is -0.439 e. The molecule has 0 saturated heterocycles. The summed E-state index contributed by atoms with van der Waals surface area (Å²) >= 11 is 6.05. The zero-order valence-corrected chi connectivity index (χ0v) is 13.8. The fraction of sp³-hybridized carbons (Fsp3) is 0.211. The first-order chi connectivity index (χ1) is 11.2. The SMILES string of the molecule is CCN(Cc1cccc(Cl)c1)Cc1ncc(-c2ccccc2)o1. The third kappa shape index (κ3) is 4.21. The molecule has 3 nitrogen and oxygen atoms in total. The molecule has 1 aromatic heterocycles. The zero-order chi connectivity index (χ0) is 16.1. The summed E-state index contributed by atoms with van der Waals surface area (Å²) in [5.41, 5.74) is 2.23. The van der Waals surface area contributed by atoms with E-state index < -0.39 is 0 Å². The molecule has 1 heterocycles. The van der Waals surface area contributed by atoms with Gasteiger partial charge in [0.1, 0.15) is 0 Å². The van der Waals surface area contributed by atoms with E-state index in [2.05, 4.69) is 22.9 Å². The summed E-state index contributed by atoms with van der Waals surface area (Å²) in [5.74, 6) is 1.53. The third-order valence-electron chi connectivity index (χ3n) is 3.71. The van der Waals surface area contributed by atoms with Gasteiger partial charge in [0.05, 0.1) is 12.7 Å². The Morgan fingerprint density at radius 1 is 1.04 bits per heavy atom. The van der Waals surface area contributed by atoms with Gasteiger partial charge in [-0.2, -0.15) is 0 Å². The van der Waals surface area contributed by atoms with Gasteiger partial charge in [-0.3, -0.25) is 4.90 Å². The number of rotatable bonds is 6. The van der Waals surface area contributed by atoms with Crippen molar-refractivity contribution in [3.8, 4) is 11.3 Å². The van der Waals surface area contributed by atoms with Crippen LogP contribution >= 0.6 is 11.6 Å². The van der Waals surface area contributed by atoms with E-state index in [1.807, 2.05) is 48.5 Å². The lowest BCUT2D eigenvalue weighted by atomic mass is 10.2. The van der Waals surface area contributed by atoms with Crippen molar-refractivity contribution in [1.82, 2.24) is 9.88 Å². The van der Waals surface area contributed by atoms with E-state index in [4.69, 9.17) is 16.0 Å². The standard InChI is InChI=1S/C19H19ClN2O/c1-2-22(13-15-7-6-10-17(20)11-15)14-19-21-12-18(23-19)16-8-4-3-5-9-16/h3-12H,2,13-14H2,1H3. The number of nitrogens with zero attached hydrogens (tertiary/aromatic N) is 2. The topological polar surface area (TPSA) is 29.3 Å². The molecule has 0 aliphatic rings. The van der Waals surface area contributed by atoms with Crippen LogP contribution in [0.15, 0.2) is 65.2 Å². The molecule has 0 spiro atoms. The highest BCUT2D eigenvalue weighted by Crippen LogP contribution is 2.21. The van der Waals surface area contributed by atoms with E-state index in [0.29, 0.717) is 6.54 Å². The molecule has 0 radical (unpaired) electrons. The minimum absolute atomic E-state index is 0.676. The molecule has 0 bridgehead atoms. The number of aromatic nitrogens is 1. The van der Waals surface area contributed by atoms with Crippen LogP contribution in [-0.4, -0.2) is 16.4 Å². The fourth-order valence-corrected chi connectivity index (χ4v) is 2.70. The molecule has 0 amide bonds. The molecular formula is C19H19ClN2O. The van der Waals surface area contributed by atoms with E-state index in [1.54, 1.807) is 6.20 Å².